The monoisotopic (exact) mass is 335 g/mol. The van der Waals surface area contributed by atoms with Crippen LogP contribution in [0.3, 0.4) is 0 Å². The second kappa shape index (κ2) is 13.0. The Hall–Kier alpha value is -1.39. The molecule has 136 valence electrons. The lowest BCUT2D eigenvalue weighted by atomic mass is 10.0. The molecule has 24 heavy (non-hydrogen) atoms. The van der Waals surface area contributed by atoms with Gasteiger partial charge in [-0.1, -0.05) is 69.7 Å². The number of unbranched alkanes of at least 4 members (excludes halogenated alkanes) is 6. The summed E-state index contributed by atoms with van der Waals surface area (Å²) in [4.78, 5) is 10.5. The van der Waals surface area contributed by atoms with Gasteiger partial charge < -0.3 is 15.5 Å². The van der Waals surface area contributed by atoms with Crippen molar-refractivity contribution in [2.75, 3.05) is 6.54 Å². The maximum Gasteiger partial charge on any atom is 0.332 e. The predicted octanol–water partition coefficient (Wildman–Crippen LogP) is 3.90. The normalized spacial score (nSPS) is 12.2. The summed E-state index contributed by atoms with van der Waals surface area (Å²) >= 11 is 0. The highest BCUT2D eigenvalue weighted by molar-refractivity contribution is 5.71. The summed E-state index contributed by atoms with van der Waals surface area (Å²) in [6, 6.07) is 8.61. The Bertz CT molecular complexity index is 445. The number of aryl methyl sites for hydroxylation is 1. The lowest BCUT2D eigenvalue weighted by Crippen LogP contribution is -2.25. The number of aliphatic hydroxyl groups is 1. The van der Waals surface area contributed by atoms with Crippen molar-refractivity contribution in [2.24, 2.45) is 0 Å². The summed E-state index contributed by atoms with van der Waals surface area (Å²) in [5, 5.41) is 20.9. The van der Waals surface area contributed by atoms with Crippen LogP contribution in [0.4, 0.5) is 0 Å². The molecule has 0 saturated carbocycles. The minimum absolute atomic E-state index is 0.228. The zero-order valence-electron chi connectivity index (χ0n) is 15.0. The third kappa shape index (κ3) is 9.68. The zero-order valence-corrected chi connectivity index (χ0v) is 15.0. The largest absolute Gasteiger partial charge is 0.479 e. The molecule has 3 N–H and O–H groups in total. The Morgan fingerprint density at radius 2 is 1.58 bits per heavy atom. The first-order valence-corrected chi connectivity index (χ1v) is 9.33. The van der Waals surface area contributed by atoms with E-state index in [1.807, 2.05) is 0 Å². The van der Waals surface area contributed by atoms with Crippen LogP contribution in [0, 0.1) is 0 Å². The number of hydrogen-bond donors (Lipinski definition) is 3. The van der Waals surface area contributed by atoms with E-state index in [2.05, 4.69) is 36.5 Å². The van der Waals surface area contributed by atoms with E-state index in [1.165, 1.54) is 56.1 Å². The second-order valence-corrected chi connectivity index (χ2v) is 6.51. The molecule has 0 aliphatic rings. The first-order chi connectivity index (χ1) is 11.6. The predicted molar refractivity (Wildman–Crippen MR) is 98.1 cm³/mol. The molecule has 1 aromatic carbocycles. The summed E-state index contributed by atoms with van der Waals surface area (Å²) in [7, 11) is 0. The summed E-state index contributed by atoms with van der Waals surface area (Å²) in [5.41, 5.74) is 2.57. The van der Waals surface area contributed by atoms with Gasteiger partial charge in [0.1, 0.15) is 0 Å². The zero-order chi connectivity index (χ0) is 17.6. The van der Waals surface area contributed by atoms with Crippen LogP contribution in [0.1, 0.15) is 69.4 Å². The molecule has 1 atom stereocenters. The van der Waals surface area contributed by atoms with Crippen molar-refractivity contribution in [2.45, 2.75) is 77.4 Å². The van der Waals surface area contributed by atoms with Crippen molar-refractivity contribution in [3.8, 4) is 0 Å². The van der Waals surface area contributed by atoms with Crippen LogP contribution in [-0.4, -0.2) is 28.8 Å². The minimum atomic E-state index is -1.28. The minimum Gasteiger partial charge on any atom is -0.479 e. The van der Waals surface area contributed by atoms with E-state index >= 15 is 0 Å². The molecule has 0 saturated heterocycles. The van der Waals surface area contributed by atoms with Gasteiger partial charge in [0.25, 0.3) is 0 Å². The van der Waals surface area contributed by atoms with Gasteiger partial charge in [0.2, 0.25) is 0 Å². The van der Waals surface area contributed by atoms with Crippen molar-refractivity contribution in [1.29, 1.82) is 0 Å². The van der Waals surface area contributed by atoms with Crippen molar-refractivity contribution >= 4 is 5.97 Å². The van der Waals surface area contributed by atoms with Gasteiger partial charge in [0.15, 0.2) is 6.10 Å². The molecule has 0 spiro atoms. The van der Waals surface area contributed by atoms with Crippen molar-refractivity contribution < 1.29 is 15.0 Å². The van der Waals surface area contributed by atoms with Crippen molar-refractivity contribution in [1.82, 2.24) is 5.32 Å². The van der Waals surface area contributed by atoms with Gasteiger partial charge in [-0.3, -0.25) is 0 Å². The van der Waals surface area contributed by atoms with Gasteiger partial charge >= 0.3 is 5.97 Å². The number of nitrogens with one attached hydrogen (secondary N) is 1. The van der Waals surface area contributed by atoms with E-state index in [4.69, 9.17) is 5.11 Å². The maximum absolute atomic E-state index is 10.5. The average molecular weight is 335 g/mol. The Kier molecular flexibility index (Phi) is 11.2. The summed E-state index contributed by atoms with van der Waals surface area (Å²) in [6.07, 6.45) is 9.45. The fourth-order valence-corrected chi connectivity index (χ4v) is 2.70. The lowest BCUT2D eigenvalue weighted by Gasteiger charge is -2.08. The topological polar surface area (TPSA) is 69.6 Å². The standard InChI is InChI=1S/C20H33NO3/c1-2-3-4-5-6-7-8-9-17-10-12-18(13-11-17)16-21-15-14-19(22)20(23)24/h10-13,19,21-22H,2-9,14-16H2,1H3,(H,23,24)/t19-/m0/s1. The fraction of sp³-hybridized carbons (Fsp3) is 0.650. The van der Waals surface area contributed by atoms with E-state index in [0.29, 0.717) is 13.1 Å². The maximum atomic E-state index is 10.5. The molecule has 0 heterocycles. The van der Waals surface area contributed by atoms with Gasteiger partial charge in [-0.05, 0) is 36.9 Å². The number of aliphatic carboxylic acids is 1. The summed E-state index contributed by atoms with van der Waals surface area (Å²) in [6.45, 7) is 3.44. The Morgan fingerprint density at radius 1 is 1.00 bits per heavy atom. The number of rotatable bonds is 14. The fourth-order valence-electron chi connectivity index (χ4n) is 2.70. The number of carboxylic acid groups (broad SMARTS) is 1. The number of benzene rings is 1. The van der Waals surface area contributed by atoms with Gasteiger partial charge in [-0.25, -0.2) is 4.79 Å². The molecule has 4 heteroatoms. The number of carbonyl (C=O) groups is 1. The highest BCUT2D eigenvalue weighted by Gasteiger charge is 2.11. The van der Waals surface area contributed by atoms with Crippen LogP contribution >= 0.6 is 0 Å². The number of hydrogen-bond acceptors (Lipinski definition) is 3. The summed E-state index contributed by atoms with van der Waals surface area (Å²) in [5.74, 6) is -1.16. The third-order valence-electron chi connectivity index (χ3n) is 4.30. The first-order valence-electron chi connectivity index (χ1n) is 9.33. The molecule has 0 amide bonds. The molecular weight excluding hydrogens is 302 g/mol. The van der Waals surface area contributed by atoms with Crippen LogP contribution < -0.4 is 5.32 Å². The third-order valence-corrected chi connectivity index (χ3v) is 4.30. The quantitative estimate of drug-likeness (QED) is 0.451. The molecule has 0 radical (unpaired) electrons. The van der Waals surface area contributed by atoms with E-state index in [0.717, 1.165) is 6.42 Å². The highest BCUT2D eigenvalue weighted by Crippen LogP contribution is 2.11. The number of carboxylic acids is 1. The molecule has 1 rings (SSSR count). The van der Waals surface area contributed by atoms with Crippen LogP contribution in [0.2, 0.25) is 0 Å². The van der Waals surface area contributed by atoms with Gasteiger partial charge in [0.05, 0.1) is 0 Å². The molecule has 0 aliphatic carbocycles. The lowest BCUT2D eigenvalue weighted by molar-refractivity contribution is -0.146. The van der Waals surface area contributed by atoms with Crippen LogP contribution in [0.15, 0.2) is 24.3 Å². The average Bonchev–Trinajstić information content (AvgIpc) is 2.58. The van der Waals surface area contributed by atoms with E-state index in [9.17, 15) is 9.90 Å². The van der Waals surface area contributed by atoms with E-state index < -0.39 is 12.1 Å². The Morgan fingerprint density at radius 3 is 2.21 bits per heavy atom. The van der Waals surface area contributed by atoms with Crippen LogP contribution in [0.25, 0.3) is 0 Å². The summed E-state index contributed by atoms with van der Waals surface area (Å²) < 4.78 is 0. The first kappa shape index (κ1) is 20.7. The molecule has 0 unspecified atom stereocenters. The smallest absolute Gasteiger partial charge is 0.332 e. The van der Waals surface area contributed by atoms with E-state index in [-0.39, 0.29) is 6.42 Å². The molecule has 0 bridgehead atoms. The molecule has 0 aliphatic heterocycles. The van der Waals surface area contributed by atoms with Crippen molar-refractivity contribution in [3.63, 3.8) is 0 Å². The number of aliphatic hydroxyl groups excluding tert-OH is 1. The van der Waals surface area contributed by atoms with Gasteiger partial charge in [0, 0.05) is 6.54 Å². The second-order valence-electron chi connectivity index (χ2n) is 6.51. The van der Waals surface area contributed by atoms with Gasteiger partial charge in [-0.15, -0.1) is 0 Å². The van der Waals surface area contributed by atoms with Crippen LogP contribution in [-0.2, 0) is 17.8 Å². The van der Waals surface area contributed by atoms with Gasteiger partial charge in [-0.2, -0.15) is 0 Å². The highest BCUT2D eigenvalue weighted by atomic mass is 16.4. The SMILES string of the molecule is CCCCCCCCCc1ccc(CNCC[C@H](O)C(=O)O)cc1. The molecule has 0 aromatic heterocycles. The molecule has 0 fully saturated rings. The molecular formula is C20H33NO3. The van der Waals surface area contributed by atoms with Crippen LogP contribution in [0.5, 0.6) is 0 Å². The molecule has 4 nitrogen and oxygen atoms in total. The Labute approximate surface area is 146 Å². The molecule has 1 aromatic rings. The van der Waals surface area contributed by atoms with Crippen molar-refractivity contribution in [3.05, 3.63) is 35.4 Å². The van der Waals surface area contributed by atoms with E-state index in [1.54, 1.807) is 0 Å². The Balaban J connectivity index is 2.11.